The highest BCUT2D eigenvalue weighted by Crippen LogP contribution is 2.28. The van der Waals surface area contributed by atoms with Crippen molar-refractivity contribution in [1.29, 1.82) is 0 Å². The fourth-order valence-electron chi connectivity index (χ4n) is 2.42. The number of rotatable bonds is 7. The van der Waals surface area contributed by atoms with Gasteiger partial charge in [0.2, 0.25) is 0 Å². The van der Waals surface area contributed by atoms with Crippen LogP contribution in [0.4, 0.5) is 21.5 Å². The van der Waals surface area contributed by atoms with E-state index >= 15 is 0 Å². The van der Waals surface area contributed by atoms with E-state index < -0.39 is 26.5 Å². The summed E-state index contributed by atoms with van der Waals surface area (Å²) in [7, 11) is -4.07. The molecule has 0 bridgehead atoms. The Labute approximate surface area is 176 Å². The van der Waals surface area contributed by atoms with E-state index in [2.05, 4.69) is 15.2 Å². The third-order valence-corrected chi connectivity index (χ3v) is 5.45. The van der Waals surface area contributed by atoms with Crippen LogP contribution in [-0.2, 0) is 10.0 Å². The van der Waals surface area contributed by atoms with Crippen molar-refractivity contribution in [2.75, 3.05) is 10.1 Å². The van der Waals surface area contributed by atoms with Gasteiger partial charge in [0, 0.05) is 16.8 Å². The summed E-state index contributed by atoms with van der Waals surface area (Å²) >= 11 is 5.77. The second-order valence-corrected chi connectivity index (χ2v) is 8.09. The second kappa shape index (κ2) is 8.89. The van der Waals surface area contributed by atoms with Crippen LogP contribution in [0.2, 0.25) is 5.02 Å². The minimum absolute atomic E-state index is 0.0295. The monoisotopic (exact) mass is 448 g/mol. The van der Waals surface area contributed by atoms with Crippen LogP contribution in [0.1, 0.15) is 5.56 Å². The van der Waals surface area contributed by atoms with Crippen LogP contribution in [0.25, 0.3) is 0 Å². The molecule has 154 valence electrons. The van der Waals surface area contributed by atoms with Gasteiger partial charge in [0.1, 0.15) is 11.5 Å². The number of hydrazone groups is 1. The van der Waals surface area contributed by atoms with E-state index in [-0.39, 0.29) is 16.3 Å². The number of nitrogens with one attached hydrogen (secondary N) is 2. The SMILES string of the molecule is O=[N+]([O-])c1cc(S(=O)(=O)Nc2ccc(Cl)cc2)ccc1NN=Cc1cccc(F)c1. The van der Waals surface area contributed by atoms with Crippen molar-refractivity contribution in [2.45, 2.75) is 4.90 Å². The normalized spacial score (nSPS) is 11.4. The van der Waals surface area contributed by atoms with Crippen LogP contribution >= 0.6 is 11.6 Å². The topological polar surface area (TPSA) is 114 Å². The molecule has 0 radical (unpaired) electrons. The molecule has 3 aromatic carbocycles. The smallest absolute Gasteiger partial charge is 0.280 e. The van der Waals surface area contributed by atoms with Gasteiger partial charge in [0.05, 0.1) is 16.0 Å². The predicted octanol–water partition coefficient (Wildman–Crippen LogP) is 4.63. The number of sulfonamides is 1. The van der Waals surface area contributed by atoms with Gasteiger partial charge in [0.15, 0.2) is 0 Å². The van der Waals surface area contributed by atoms with Crippen LogP contribution in [0.3, 0.4) is 0 Å². The van der Waals surface area contributed by atoms with Crippen LogP contribution in [-0.4, -0.2) is 19.6 Å². The molecule has 0 heterocycles. The van der Waals surface area contributed by atoms with Gasteiger partial charge in [-0.25, -0.2) is 12.8 Å². The van der Waals surface area contributed by atoms with E-state index in [9.17, 15) is 22.9 Å². The number of nitro benzene ring substituents is 1. The minimum Gasteiger partial charge on any atom is -0.280 e. The summed E-state index contributed by atoms with van der Waals surface area (Å²) in [5.74, 6) is -0.451. The summed E-state index contributed by atoms with van der Waals surface area (Å²) in [6, 6.07) is 14.9. The highest BCUT2D eigenvalue weighted by atomic mass is 35.5. The summed E-state index contributed by atoms with van der Waals surface area (Å²) in [5, 5.41) is 15.7. The average Bonchev–Trinajstić information content (AvgIpc) is 2.69. The van der Waals surface area contributed by atoms with Gasteiger partial charge >= 0.3 is 0 Å². The molecule has 0 aliphatic carbocycles. The molecule has 0 spiro atoms. The van der Waals surface area contributed by atoms with Gasteiger partial charge in [-0.2, -0.15) is 5.10 Å². The third kappa shape index (κ3) is 5.31. The van der Waals surface area contributed by atoms with Crippen molar-refractivity contribution >= 4 is 44.9 Å². The van der Waals surface area contributed by atoms with Crippen LogP contribution in [0.15, 0.2) is 76.7 Å². The molecule has 0 unspecified atom stereocenters. The molecule has 11 heteroatoms. The van der Waals surface area contributed by atoms with Gasteiger partial charge < -0.3 is 0 Å². The maximum atomic E-state index is 13.2. The van der Waals surface area contributed by atoms with E-state index in [4.69, 9.17) is 11.6 Å². The number of anilines is 2. The first-order valence-corrected chi connectivity index (χ1v) is 10.2. The Bertz CT molecular complexity index is 1220. The predicted molar refractivity (Wildman–Crippen MR) is 113 cm³/mol. The van der Waals surface area contributed by atoms with Gasteiger partial charge in [-0.05, 0) is 54.1 Å². The lowest BCUT2D eigenvalue weighted by atomic mass is 10.2. The number of hydrogen-bond donors (Lipinski definition) is 2. The third-order valence-electron chi connectivity index (χ3n) is 3.82. The lowest BCUT2D eigenvalue weighted by Gasteiger charge is -2.09. The molecule has 0 aliphatic rings. The number of halogens is 2. The number of hydrogen-bond acceptors (Lipinski definition) is 6. The number of benzene rings is 3. The van der Waals surface area contributed by atoms with E-state index in [0.29, 0.717) is 10.6 Å². The van der Waals surface area contributed by atoms with E-state index in [1.54, 1.807) is 6.07 Å². The standard InChI is InChI=1S/C19H14ClFN4O4S/c20-14-4-6-16(7-5-14)24-30(28,29)17-8-9-18(19(11-17)25(26)27)23-22-12-13-2-1-3-15(21)10-13/h1-12,23-24H. The lowest BCUT2D eigenvalue weighted by molar-refractivity contribution is -0.384. The van der Waals surface area contributed by atoms with Crippen molar-refractivity contribution in [3.8, 4) is 0 Å². The molecule has 0 aromatic heterocycles. The Kier molecular flexibility index (Phi) is 6.28. The van der Waals surface area contributed by atoms with Crippen LogP contribution in [0, 0.1) is 15.9 Å². The summed E-state index contributed by atoms with van der Waals surface area (Å²) < 4.78 is 40.6. The Morgan fingerprint density at radius 1 is 1.07 bits per heavy atom. The van der Waals surface area contributed by atoms with E-state index in [0.717, 1.165) is 6.07 Å². The van der Waals surface area contributed by atoms with Crippen molar-refractivity contribution in [2.24, 2.45) is 5.10 Å². The Morgan fingerprint density at radius 3 is 2.47 bits per heavy atom. The molecule has 0 atom stereocenters. The maximum Gasteiger partial charge on any atom is 0.295 e. The van der Waals surface area contributed by atoms with Gasteiger partial charge in [-0.1, -0.05) is 23.7 Å². The molecular formula is C19H14ClFN4O4S. The van der Waals surface area contributed by atoms with Crippen molar-refractivity contribution in [1.82, 2.24) is 0 Å². The zero-order valence-electron chi connectivity index (χ0n) is 15.1. The molecule has 0 fully saturated rings. The Hall–Kier alpha value is -3.50. The molecule has 8 nitrogen and oxygen atoms in total. The summed E-state index contributed by atoms with van der Waals surface area (Å²) in [5.41, 5.74) is 2.64. The summed E-state index contributed by atoms with van der Waals surface area (Å²) in [6.45, 7) is 0. The number of nitrogens with zero attached hydrogens (tertiary/aromatic N) is 2. The average molecular weight is 449 g/mol. The molecule has 30 heavy (non-hydrogen) atoms. The Balaban J connectivity index is 1.83. The number of nitro groups is 1. The fourth-order valence-corrected chi connectivity index (χ4v) is 3.62. The second-order valence-electron chi connectivity index (χ2n) is 5.97. The molecule has 0 aliphatic heterocycles. The highest BCUT2D eigenvalue weighted by Gasteiger charge is 2.21. The Morgan fingerprint density at radius 2 is 1.80 bits per heavy atom. The fraction of sp³-hybridized carbons (Fsp3) is 0. The van der Waals surface area contributed by atoms with Crippen molar-refractivity contribution in [3.05, 3.63) is 93.2 Å². The van der Waals surface area contributed by atoms with Gasteiger partial charge in [-0.3, -0.25) is 20.3 Å². The van der Waals surface area contributed by atoms with Crippen molar-refractivity contribution in [3.63, 3.8) is 0 Å². The lowest BCUT2D eigenvalue weighted by Crippen LogP contribution is -2.13. The molecule has 2 N–H and O–H groups in total. The molecule has 0 amide bonds. The highest BCUT2D eigenvalue weighted by molar-refractivity contribution is 7.92. The zero-order chi connectivity index (χ0) is 21.7. The van der Waals surface area contributed by atoms with E-state index in [1.165, 1.54) is 60.8 Å². The molecule has 3 rings (SSSR count). The molecule has 0 saturated carbocycles. The molecule has 0 saturated heterocycles. The largest absolute Gasteiger partial charge is 0.295 e. The van der Waals surface area contributed by atoms with E-state index in [1.807, 2.05) is 0 Å². The van der Waals surface area contributed by atoms with Gasteiger partial charge in [-0.15, -0.1) is 0 Å². The van der Waals surface area contributed by atoms with Crippen molar-refractivity contribution < 1.29 is 17.7 Å². The van der Waals surface area contributed by atoms with Crippen LogP contribution in [0.5, 0.6) is 0 Å². The summed E-state index contributed by atoms with van der Waals surface area (Å²) in [4.78, 5) is 10.4. The summed E-state index contributed by atoms with van der Waals surface area (Å²) in [6.07, 6.45) is 1.28. The first-order chi connectivity index (χ1) is 14.2. The maximum absolute atomic E-state index is 13.2. The first kappa shape index (κ1) is 21.2. The zero-order valence-corrected chi connectivity index (χ0v) is 16.7. The minimum atomic E-state index is -4.07. The molecular weight excluding hydrogens is 435 g/mol. The molecule has 3 aromatic rings. The first-order valence-electron chi connectivity index (χ1n) is 8.36. The quantitative estimate of drug-likeness (QED) is 0.310. The van der Waals surface area contributed by atoms with Crippen LogP contribution < -0.4 is 10.1 Å². The van der Waals surface area contributed by atoms with Gasteiger partial charge in [0.25, 0.3) is 15.7 Å².